The van der Waals surface area contributed by atoms with Crippen LogP contribution in [-0.4, -0.2) is 33.3 Å². The molecule has 0 radical (unpaired) electrons. The van der Waals surface area contributed by atoms with E-state index in [0.29, 0.717) is 23.8 Å². The molecule has 22 heavy (non-hydrogen) atoms. The van der Waals surface area contributed by atoms with Crippen LogP contribution in [0, 0.1) is 0 Å². The predicted molar refractivity (Wildman–Crippen MR) is 88.8 cm³/mol. The molecule has 0 aliphatic heterocycles. The summed E-state index contributed by atoms with van der Waals surface area (Å²) in [6.45, 7) is 1.92. The van der Waals surface area contributed by atoms with Crippen molar-refractivity contribution < 1.29 is 14.3 Å². The summed E-state index contributed by atoms with van der Waals surface area (Å²) in [7, 11) is 3.24. The fourth-order valence-corrected chi connectivity index (χ4v) is 2.70. The van der Waals surface area contributed by atoms with Gasteiger partial charge in [-0.05, 0) is 29.1 Å². The van der Waals surface area contributed by atoms with Crippen molar-refractivity contribution in [1.82, 2.24) is 5.32 Å². The van der Waals surface area contributed by atoms with Crippen molar-refractivity contribution in [2.24, 2.45) is 0 Å². The van der Waals surface area contributed by atoms with E-state index in [1.807, 2.05) is 29.6 Å². The van der Waals surface area contributed by atoms with E-state index in [9.17, 15) is 4.79 Å². The summed E-state index contributed by atoms with van der Waals surface area (Å²) in [6.07, 6.45) is 0. The molecular formula is C16H20N2O3S. The molecule has 1 aromatic carbocycles. The lowest BCUT2D eigenvalue weighted by molar-refractivity contribution is 0.0952. The van der Waals surface area contributed by atoms with Crippen LogP contribution in [0.1, 0.15) is 15.2 Å². The molecule has 0 fully saturated rings. The molecule has 0 bridgehead atoms. The zero-order valence-corrected chi connectivity index (χ0v) is 13.5. The summed E-state index contributed by atoms with van der Waals surface area (Å²) >= 11 is 1.37. The Bertz CT molecular complexity index is 596. The van der Waals surface area contributed by atoms with E-state index in [0.717, 1.165) is 17.8 Å². The van der Waals surface area contributed by atoms with Crippen LogP contribution < -0.4 is 15.4 Å². The van der Waals surface area contributed by atoms with Crippen molar-refractivity contribution in [3.63, 3.8) is 0 Å². The van der Waals surface area contributed by atoms with E-state index in [2.05, 4.69) is 10.6 Å². The van der Waals surface area contributed by atoms with Crippen molar-refractivity contribution >= 4 is 22.9 Å². The summed E-state index contributed by atoms with van der Waals surface area (Å²) in [5.41, 5.74) is 2.08. The smallest absolute Gasteiger partial charge is 0.265 e. The number of rotatable bonds is 8. The number of ether oxygens (including phenoxy) is 2. The van der Waals surface area contributed by atoms with Gasteiger partial charge in [0.05, 0.1) is 13.7 Å². The highest BCUT2D eigenvalue weighted by Crippen LogP contribution is 2.24. The molecule has 2 N–H and O–H groups in total. The Morgan fingerprint density at radius 1 is 1.18 bits per heavy atom. The minimum atomic E-state index is -0.117. The Hall–Kier alpha value is -2.05. The molecule has 1 aromatic heterocycles. The van der Waals surface area contributed by atoms with Crippen LogP contribution in [0.5, 0.6) is 5.75 Å². The maximum Gasteiger partial charge on any atom is 0.265 e. The Morgan fingerprint density at radius 3 is 2.64 bits per heavy atom. The third-order valence-electron chi connectivity index (χ3n) is 3.10. The van der Waals surface area contributed by atoms with Gasteiger partial charge in [-0.3, -0.25) is 4.79 Å². The molecule has 0 aliphatic carbocycles. The first kappa shape index (κ1) is 16.3. The summed E-state index contributed by atoms with van der Waals surface area (Å²) in [5.74, 6) is 0.495. The van der Waals surface area contributed by atoms with Gasteiger partial charge in [0.1, 0.15) is 10.6 Å². The number of benzene rings is 1. The number of carbonyl (C=O) groups is 1. The first-order valence-electron chi connectivity index (χ1n) is 6.96. The topological polar surface area (TPSA) is 59.6 Å². The molecule has 2 rings (SSSR count). The van der Waals surface area contributed by atoms with E-state index in [4.69, 9.17) is 9.47 Å². The Balaban J connectivity index is 1.85. The number of anilines is 1. The molecule has 5 nitrogen and oxygen atoms in total. The standard InChI is InChI=1S/C16H20N2O3S/c1-20-9-8-17-13-5-3-12(4-6-13)11-18-16(19)15-14(21-2)7-10-22-15/h3-7,10,17H,8-9,11H2,1-2H3,(H,18,19). The molecule has 0 saturated heterocycles. The number of hydrogen-bond acceptors (Lipinski definition) is 5. The molecule has 0 atom stereocenters. The molecule has 1 heterocycles. The maximum absolute atomic E-state index is 12.1. The largest absolute Gasteiger partial charge is 0.495 e. The second-order valence-corrected chi connectivity index (χ2v) is 5.53. The number of hydrogen-bond donors (Lipinski definition) is 2. The van der Waals surface area contributed by atoms with Crippen molar-refractivity contribution in [3.05, 3.63) is 46.2 Å². The lowest BCUT2D eigenvalue weighted by Gasteiger charge is -2.08. The lowest BCUT2D eigenvalue weighted by atomic mass is 10.2. The highest BCUT2D eigenvalue weighted by molar-refractivity contribution is 7.12. The zero-order chi connectivity index (χ0) is 15.8. The van der Waals surface area contributed by atoms with Crippen LogP contribution in [0.15, 0.2) is 35.7 Å². The van der Waals surface area contributed by atoms with Gasteiger partial charge >= 0.3 is 0 Å². The minimum absolute atomic E-state index is 0.117. The third kappa shape index (κ3) is 4.47. The molecule has 0 aliphatic rings. The fourth-order valence-electron chi connectivity index (χ4n) is 1.92. The first-order valence-corrected chi connectivity index (χ1v) is 7.84. The monoisotopic (exact) mass is 320 g/mol. The summed E-state index contributed by atoms with van der Waals surface area (Å²) < 4.78 is 10.1. The normalized spacial score (nSPS) is 10.3. The third-order valence-corrected chi connectivity index (χ3v) is 3.99. The van der Waals surface area contributed by atoms with Gasteiger partial charge in [-0.2, -0.15) is 0 Å². The summed E-state index contributed by atoms with van der Waals surface area (Å²) in [4.78, 5) is 12.7. The van der Waals surface area contributed by atoms with Crippen molar-refractivity contribution in [2.45, 2.75) is 6.54 Å². The lowest BCUT2D eigenvalue weighted by Crippen LogP contribution is -2.22. The number of carbonyl (C=O) groups excluding carboxylic acids is 1. The van der Waals surface area contributed by atoms with E-state index in [1.165, 1.54) is 11.3 Å². The molecule has 118 valence electrons. The van der Waals surface area contributed by atoms with E-state index in [-0.39, 0.29) is 5.91 Å². The second-order valence-electron chi connectivity index (χ2n) is 4.62. The van der Waals surface area contributed by atoms with E-state index >= 15 is 0 Å². The predicted octanol–water partition coefficient (Wildman–Crippen LogP) is 2.75. The van der Waals surface area contributed by atoms with Gasteiger partial charge in [-0.25, -0.2) is 0 Å². The van der Waals surface area contributed by atoms with Crippen molar-refractivity contribution in [1.29, 1.82) is 0 Å². The Labute approximate surface area is 134 Å². The van der Waals surface area contributed by atoms with Crippen LogP contribution in [0.25, 0.3) is 0 Å². The molecular weight excluding hydrogens is 300 g/mol. The van der Waals surface area contributed by atoms with Gasteiger partial charge in [0.15, 0.2) is 0 Å². The van der Waals surface area contributed by atoms with E-state index in [1.54, 1.807) is 20.3 Å². The average molecular weight is 320 g/mol. The van der Waals surface area contributed by atoms with Gasteiger partial charge in [-0.15, -0.1) is 11.3 Å². The summed E-state index contributed by atoms with van der Waals surface area (Å²) in [5, 5.41) is 7.99. The Kier molecular flexibility index (Phi) is 6.24. The van der Waals surface area contributed by atoms with Gasteiger partial charge in [0, 0.05) is 25.9 Å². The maximum atomic E-state index is 12.1. The first-order chi connectivity index (χ1) is 10.7. The minimum Gasteiger partial charge on any atom is -0.495 e. The number of methoxy groups -OCH3 is 2. The van der Waals surface area contributed by atoms with Gasteiger partial charge in [0.2, 0.25) is 0 Å². The molecule has 6 heteroatoms. The summed E-state index contributed by atoms with van der Waals surface area (Å²) in [6, 6.07) is 9.74. The second kappa shape index (κ2) is 8.41. The number of amides is 1. The van der Waals surface area contributed by atoms with Crippen LogP contribution in [-0.2, 0) is 11.3 Å². The van der Waals surface area contributed by atoms with Crippen LogP contribution >= 0.6 is 11.3 Å². The van der Waals surface area contributed by atoms with Crippen LogP contribution in [0.4, 0.5) is 5.69 Å². The molecule has 1 amide bonds. The molecule has 0 spiro atoms. The number of nitrogens with one attached hydrogen (secondary N) is 2. The highest BCUT2D eigenvalue weighted by Gasteiger charge is 2.13. The fraction of sp³-hybridized carbons (Fsp3) is 0.312. The Morgan fingerprint density at radius 2 is 1.95 bits per heavy atom. The van der Waals surface area contributed by atoms with Gasteiger partial charge < -0.3 is 20.1 Å². The molecule has 2 aromatic rings. The van der Waals surface area contributed by atoms with Crippen LogP contribution in [0.3, 0.4) is 0 Å². The van der Waals surface area contributed by atoms with Crippen molar-refractivity contribution in [3.8, 4) is 5.75 Å². The van der Waals surface area contributed by atoms with Crippen LogP contribution in [0.2, 0.25) is 0 Å². The molecule has 0 unspecified atom stereocenters. The molecule has 0 saturated carbocycles. The van der Waals surface area contributed by atoms with Crippen molar-refractivity contribution in [2.75, 3.05) is 32.7 Å². The SMILES string of the molecule is COCCNc1ccc(CNC(=O)c2sccc2OC)cc1. The average Bonchev–Trinajstić information content (AvgIpc) is 3.03. The van der Waals surface area contributed by atoms with E-state index < -0.39 is 0 Å². The number of thiophene rings is 1. The van der Waals surface area contributed by atoms with Gasteiger partial charge in [0.25, 0.3) is 5.91 Å². The quantitative estimate of drug-likeness (QED) is 0.734. The van der Waals surface area contributed by atoms with Gasteiger partial charge in [-0.1, -0.05) is 12.1 Å². The zero-order valence-electron chi connectivity index (χ0n) is 12.7. The highest BCUT2D eigenvalue weighted by atomic mass is 32.1.